The first-order valence-electron chi connectivity index (χ1n) is 8.47. The van der Waals surface area contributed by atoms with Gasteiger partial charge in [-0.2, -0.15) is 0 Å². The normalized spacial score (nSPS) is 20.4. The molecular formula is C20H20N2O2. The van der Waals surface area contributed by atoms with Crippen molar-refractivity contribution in [3.05, 3.63) is 65.7 Å². The highest BCUT2D eigenvalue weighted by molar-refractivity contribution is 6.07. The first kappa shape index (κ1) is 14.9. The Morgan fingerprint density at radius 2 is 1.71 bits per heavy atom. The number of hydrogen-bond donors (Lipinski definition) is 0. The lowest BCUT2D eigenvalue weighted by molar-refractivity contribution is -0.139. The molecule has 0 bridgehead atoms. The van der Waals surface area contributed by atoms with Crippen molar-refractivity contribution >= 4 is 17.5 Å². The Morgan fingerprint density at radius 3 is 2.54 bits per heavy atom. The number of para-hydroxylation sites is 1. The first-order valence-corrected chi connectivity index (χ1v) is 8.47. The third-order valence-corrected chi connectivity index (χ3v) is 4.93. The van der Waals surface area contributed by atoms with Gasteiger partial charge in [0.15, 0.2) is 0 Å². The summed E-state index contributed by atoms with van der Waals surface area (Å²) >= 11 is 0. The molecule has 0 aliphatic carbocycles. The molecule has 24 heavy (non-hydrogen) atoms. The van der Waals surface area contributed by atoms with Crippen LogP contribution in [0.25, 0.3) is 0 Å². The molecule has 4 heteroatoms. The predicted molar refractivity (Wildman–Crippen MR) is 92.5 cm³/mol. The highest BCUT2D eigenvalue weighted by Crippen LogP contribution is 2.32. The minimum atomic E-state index is -0.359. The second kappa shape index (κ2) is 6.11. The zero-order valence-electron chi connectivity index (χ0n) is 13.5. The van der Waals surface area contributed by atoms with Gasteiger partial charge in [-0.1, -0.05) is 48.5 Å². The molecule has 1 atom stereocenters. The Bertz CT molecular complexity index is 772. The number of benzene rings is 2. The molecule has 0 unspecified atom stereocenters. The third-order valence-electron chi connectivity index (χ3n) is 4.93. The van der Waals surface area contributed by atoms with Gasteiger partial charge in [-0.15, -0.1) is 0 Å². The number of hydrogen-bond acceptors (Lipinski definition) is 3. The number of carbonyl (C=O) groups excluding carboxylic acids is 2. The van der Waals surface area contributed by atoms with Gasteiger partial charge in [-0.3, -0.25) is 14.5 Å². The Labute approximate surface area is 141 Å². The topological polar surface area (TPSA) is 40.6 Å². The molecule has 122 valence electrons. The van der Waals surface area contributed by atoms with Crippen molar-refractivity contribution in [1.82, 2.24) is 4.90 Å². The van der Waals surface area contributed by atoms with Crippen molar-refractivity contribution < 1.29 is 9.59 Å². The van der Waals surface area contributed by atoms with Gasteiger partial charge >= 0.3 is 0 Å². The van der Waals surface area contributed by atoms with Gasteiger partial charge in [-0.05, 0) is 30.0 Å². The van der Waals surface area contributed by atoms with Crippen LogP contribution in [0.15, 0.2) is 54.6 Å². The minimum absolute atomic E-state index is 0.0689. The van der Waals surface area contributed by atoms with E-state index in [1.165, 1.54) is 10.5 Å². The Morgan fingerprint density at radius 1 is 0.958 bits per heavy atom. The Hall–Kier alpha value is -2.62. The molecule has 2 aliphatic rings. The molecule has 0 spiro atoms. The third kappa shape index (κ3) is 2.58. The van der Waals surface area contributed by atoms with E-state index < -0.39 is 0 Å². The zero-order chi connectivity index (χ0) is 16.5. The van der Waals surface area contributed by atoms with E-state index in [1.54, 1.807) is 0 Å². The number of fused-ring (bicyclic) bond motifs is 1. The number of imide groups is 1. The maximum absolute atomic E-state index is 12.9. The van der Waals surface area contributed by atoms with E-state index in [2.05, 4.69) is 17.0 Å². The molecular weight excluding hydrogens is 300 g/mol. The van der Waals surface area contributed by atoms with Crippen LogP contribution in [0.3, 0.4) is 0 Å². The summed E-state index contributed by atoms with van der Waals surface area (Å²) in [6, 6.07) is 17.5. The van der Waals surface area contributed by atoms with Crippen LogP contribution < -0.4 is 4.90 Å². The van der Waals surface area contributed by atoms with E-state index in [4.69, 9.17) is 0 Å². The van der Waals surface area contributed by atoms with E-state index in [1.807, 2.05) is 42.5 Å². The lowest BCUT2D eigenvalue weighted by atomic mass is 9.99. The molecule has 2 aliphatic heterocycles. The number of likely N-dealkylation sites (tertiary alicyclic amines) is 1. The van der Waals surface area contributed by atoms with E-state index in [9.17, 15) is 9.59 Å². The van der Waals surface area contributed by atoms with Gasteiger partial charge in [0.1, 0.15) is 6.04 Å². The second-order valence-electron chi connectivity index (χ2n) is 6.45. The van der Waals surface area contributed by atoms with Gasteiger partial charge in [0.2, 0.25) is 5.91 Å². The van der Waals surface area contributed by atoms with E-state index in [0.717, 1.165) is 30.6 Å². The summed E-state index contributed by atoms with van der Waals surface area (Å²) < 4.78 is 0. The Kier molecular flexibility index (Phi) is 3.81. The highest BCUT2D eigenvalue weighted by Gasteiger charge is 2.42. The van der Waals surface area contributed by atoms with Crippen molar-refractivity contribution in [2.75, 3.05) is 11.4 Å². The number of rotatable bonds is 3. The number of aryl methyl sites for hydroxylation is 1. The number of carbonyl (C=O) groups is 2. The van der Waals surface area contributed by atoms with Crippen LogP contribution in [0.2, 0.25) is 0 Å². The fourth-order valence-electron chi connectivity index (χ4n) is 3.73. The van der Waals surface area contributed by atoms with Crippen molar-refractivity contribution in [2.45, 2.75) is 31.8 Å². The molecule has 2 aromatic rings. The number of anilines is 1. The van der Waals surface area contributed by atoms with Gasteiger partial charge in [0, 0.05) is 12.2 Å². The zero-order valence-corrected chi connectivity index (χ0v) is 13.5. The lowest BCUT2D eigenvalue weighted by Gasteiger charge is -2.34. The lowest BCUT2D eigenvalue weighted by Crippen LogP contribution is -2.44. The van der Waals surface area contributed by atoms with Crippen LogP contribution in [0.4, 0.5) is 5.69 Å². The molecule has 0 N–H and O–H groups in total. The minimum Gasteiger partial charge on any atom is -0.359 e. The van der Waals surface area contributed by atoms with Crippen molar-refractivity contribution in [3.63, 3.8) is 0 Å². The van der Waals surface area contributed by atoms with Gasteiger partial charge in [0.25, 0.3) is 5.91 Å². The van der Waals surface area contributed by atoms with Crippen molar-refractivity contribution in [3.8, 4) is 0 Å². The molecule has 0 aromatic heterocycles. The van der Waals surface area contributed by atoms with Gasteiger partial charge in [-0.25, -0.2) is 0 Å². The standard InChI is InChI=1S/C20H20N2O2/c23-19-13-18(20(24)22(19)14-15-7-2-1-3-8-15)21-12-6-10-16-9-4-5-11-17(16)21/h1-5,7-9,11,18H,6,10,12-14H2/t18-/m0/s1. The molecule has 2 aromatic carbocycles. The average Bonchev–Trinajstić information content (AvgIpc) is 2.90. The molecule has 4 rings (SSSR count). The van der Waals surface area contributed by atoms with Crippen LogP contribution in [0.1, 0.15) is 24.0 Å². The average molecular weight is 320 g/mol. The summed E-state index contributed by atoms with van der Waals surface area (Å²) in [6.07, 6.45) is 2.34. The summed E-state index contributed by atoms with van der Waals surface area (Å²) in [5.41, 5.74) is 3.36. The summed E-state index contributed by atoms with van der Waals surface area (Å²) in [5.74, 6) is -0.141. The molecule has 0 radical (unpaired) electrons. The fraction of sp³-hybridized carbons (Fsp3) is 0.300. The second-order valence-corrected chi connectivity index (χ2v) is 6.45. The largest absolute Gasteiger partial charge is 0.359 e. The quantitative estimate of drug-likeness (QED) is 0.817. The SMILES string of the molecule is O=C1C[C@H](N2CCCc3ccccc32)C(=O)N1Cc1ccccc1. The summed E-state index contributed by atoms with van der Waals surface area (Å²) in [6.45, 7) is 1.20. The van der Waals surface area contributed by atoms with Crippen LogP contribution in [-0.2, 0) is 22.6 Å². The fourth-order valence-corrected chi connectivity index (χ4v) is 3.73. The van der Waals surface area contributed by atoms with Crippen LogP contribution >= 0.6 is 0 Å². The number of amides is 2. The number of nitrogens with zero attached hydrogens (tertiary/aromatic N) is 2. The molecule has 4 nitrogen and oxygen atoms in total. The maximum Gasteiger partial charge on any atom is 0.252 e. The highest BCUT2D eigenvalue weighted by atomic mass is 16.2. The van der Waals surface area contributed by atoms with E-state index >= 15 is 0 Å². The molecule has 2 amide bonds. The van der Waals surface area contributed by atoms with Crippen LogP contribution in [-0.4, -0.2) is 29.3 Å². The summed E-state index contributed by atoms with van der Waals surface area (Å²) in [7, 11) is 0. The molecule has 2 heterocycles. The van der Waals surface area contributed by atoms with Gasteiger partial charge < -0.3 is 4.90 Å². The van der Waals surface area contributed by atoms with Gasteiger partial charge in [0.05, 0.1) is 13.0 Å². The molecule has 1 fully saturated rings. The Balaban J connectivity index is 1.58. The van der Waals surface area contributed by atoms with E-state index in [0.29, 0.717) is 6.54 Å². The van der Waals surface area contributed by atoms with E-state index in [-0.39, 0.29) is 24.3 Å². The predicted octanol–water partition coefficient (Wildman–Crippen LogP) is 2.77. The first-order chi connectivity index (χ1) is 11.7. The maximum atomic E-state index is 12.9. The molecule has 0 saturated carbocycles. The van der Waals surface area contributed by atoms with Crippen LogP contribution in [0, 0.1) is 0 Å². The van der Waals surface area contributed by atoms with Crippen molar-refractivity contribution in [1.29, 1.82) is 0 Å². The summed E-state index contributed by atoms with van der Waals surface area (Å²) in [5, 5.41) is 0. The van der Waals surface area contributed by atoms with Crippen LogP contribution in [0.5, 0.6) is 0 Å². The monoisotopic (exact) mass is 320 g/mol. The molecule has 1 saturated heterocycles. The smallest absolute Gasteiger partial charge is 0.252 e. The van der Waals surface area contributed by atoms with Crippen molar-refractivity contribution in [2.24, 2.45) is 0 Å². The summed E-state index contributed by atoms with van der Waals surface area (Å²) in [4.78, 5) is 28.9.